The third kappa shape index (κ3) is 5.33. The third-order valence-electron chi connectivity index (χ3n) is 3.89. The molecule has 2 amide bonds. The monoisotopic (exact) mass is 444 g/mol. The Morgan fingerprint density at radius 2 is 1.63 bits per heavy atom. The second kappa shape index (κ2) is 8.90. The first-order chi connectivity index (χ1) is 12.7. The summed E-state index contributed by atoms with van der Waals surface area (Å²) in [5, 5.41) is 0.358. The van der Waals surface area contributed by atoms with Crippen molar-refractivity contribution in [1.82, 2.24) is 9.80 Å². The summed E-state index contributed by atoms with van der Waals surface area (Å²) >= 11 is 3.45. The number of benzene rings is 1. The summed E-state index contributed by atoms with van der Waals surface area (Å²) in [5.74, 6) is -0.630. The van der Waals surface area contributed by atoms with Crippen molar-refractivity contribution in [2.75, 3.05) is 40.1 Å². The lowest BCUT2D eigenvalue weighted by Crippen LogP contribution is -2.43. The van der Waals surface area contributed by atoms with Crippen molar-refractivity contribution in [3.63, 3.8) is 0 Å². The van der Waals surface area contributed by atoms with Crippen LogP contribution >= 0.6 is 15.9 Å². The summed E-state index contributed by atoms with van der Waals surface area (Å²) in [6, 6.07) is 4.77. The van der Waals surface area contributed by atoms with Gasteiger partial charge in [0.1, 0.15) is 11.5 Å². The van der Waals surface area contributed by atoms with E-state index in [1.54, 1.807) is 40.3 Å². The zero-order valence-corrected chi connectivity index (χ0v) is 17.7. The predicted molar refractivity (Wildman–Crippen MR) is 102 cm³/mol. The molecule has 0 aromatic heterocycles. The van der Waals surface area contributed by atoms with Crippen LogP contribution in [0.15, 0.2) is 18.2 Å². The Kier molecular flexibility index (Phi) is 7.07. The fraction of sp³-hybridized carbons (Fsp3) is 0.556. The van der Waals surface area contributed by atoms with Gasteiger partial charge in [0.05, 0.1) is 18.0 Å². The molecule has 1 fully saturated rings. The molecule has 1 saturated heterocycles. The molecule has 0 bridgehead atoms. The van der Waals surface area contributed by atoms with Crippen molar-refractivity contribution in [3.8, 4) is 11.5 Å². The van der Waals surface area contributed by atoms with Gasteiger partial charge in [-0.1, -0.05) is 15.9 Å². The number of carbonyl (C=O) groups excluding carboxylic acids is 2. The van der Waals surface area contributed by atoms with Crippen LogP contribution < -0.4 is 9.47 Å². The van der Waals surface area contributed by atoms with E-state index in [9.17, 15) is 9.59 Å². The lowest BCUT2D eigenvalue weighted by atomic mass is 10.0. The van der Waals surface area contributed by atoms with Gasteiger partial charge in [0.25, 0.3) is 0 Å². The second-order valence-electron chi connectivity index (χ2n) is 6.67. The summed E-state index contributed by atoms with van der Waals surface area (Å²) in [5.41, 5.74) is 0.580. The highest BCUT2D eigenvalue weighted by Crippen LogP contribution is 2.38. The van der Waals surface area contributed by atoms with Crippen LogP contribution in [0.25, 0.3) is 0 Å². The maximum absolute atomic E-state index is 12.0. The molecule has 1 heterocycles. The number of alkyl halides is 1. The molecule has 0 spiro atoms. The first kappa shape index (κ1) is 21.5. The van der Waals surface area contributed by atoms with Crippen LogP contribution in [0, 0.1) is 0 Å². The fourth-order valence-corrected chi connectivity index (χ4v) is 3.02. The van der Waals surface area contributed by atoms with E-state index < -0.39 is 18.0 Å². The number of carbonyl (C=O) groups is 2. The van der Waals surface area contributed by atoms with Crippen LogP contribution in [0.1, 0.15) is 18.9 Å². The van der Waals surface area contributed by atoms with Crippen molar-refractivity contribution in [2.45, 2.75) is 25.2 Å². The molecule has 150 valence electrons. The highest BCUT2D eigenvalue weighted by Gasteiger charge is 2.39. The van der Waals surface area contributed by atoms with E-state index in [2.05, 4.69) is 15.9 Å². The average Bonchev–Trinajstić information content (AvgIpc) is 2.61. The molecular formula is C18H25BrN2O6. The topological polar surface area (TPSA) is 77.5 Å². The van der Waals surface area contributed by atoms with Crippen molar-refractivity contribution in [2.24, 2.45) is 0 Å². The van der Waals surface area contributed by atoms with Crippen LogP contribution in [0.5, 0.6) is 11.5 Å². The third-order valence-corrected chi connectivity index (χ3v) is 4.63. The van der Waals surface area contributed by atoms with Crippen LogP contribution in [-0.4, -0.2) is 68.2 Å². The SMILES string of the molecule is C[C@H]1CCO[C@@](CBr)(c2cc(OC(=O)N(C)C)cc(OC(=O)N(C)C)c2)O1. The number of hydrogen-bond donors (Lipinski definition) is 0. The summed E-state index contributed by atoms with van der Waals surface area (Å²) in [6.07, 6.45) is -0.350. The molecule has 8 nitrogen and oxygen atoms in total. The number of rotatable bonds is 4. The summed E-state index contributed by atoms with van der Waals surface area (Å²) in [6.45, 7) is 2.48. The minimum absolute atomic E-state index is 0.0166. The van der Waals surface area contributed by atoms with Crippen LogP contribution in [0.2, 0.25) is 0 Å². The quantitative estimate of drug-likeness (QED) is 0.663. The molecule has 1 aliphatic heterocycles. The van der Waals surface area contributed by atoms with Crippen LogP contribution in [-0.2, 0) is 15.3 Å². The van der Waals surface area contributed by atoms with Gasteiger partial charge in [-0.2, -0.15) is 0 Å². The van der Waals surface area contributed by atoms with E-state index in [0.29, 0.717) is 17.5 Å². The van der Waals surface area contributed by atoms with Crippen LogP contribution in [0.4, 0.5) is 9.59 Å². The molecule has 1 aliphatic rings. The Balaban J connectivity index is 2.44. The molecule has 0 saturated carbocycles. The standard InChI is InChI=1S/C18H25BrN2O6/c1-12-6-7-24-18(11-19,27-12)13-8-14(25-16(22)20(2)3)10-15(9-13)26-17(23)21(4)5/h8-10,12H,6-7,11H2,1-5H3/t12-,18+/m0/s1. The van der Waals surface area contributed by atoms with E-state index >= 15 is 0 Å². The fourth-order valence-electron chi connectivity index (χ4n) is 2.40. The van der Waals surface area contributed by atoms with Gasteiger partial charge in [-0.15, -0.1) is 0 Å². The second-order valence-corrected chi connectivity index (χ2v) is 7.23. The summed E-state index contributed by atoms with van der Waals surface area (Å²) in [7, 11) is 6.31. The van der Waals surface area contributed by atoms with Gasteiger partial charge < -0.3 is 28.7 Å². The van der Waals surface area contributed by atoms with Crippen molar-refractivity contribution in [1.29, 1.82) is 0 Å². The molecule has 2 rings (SSSR count). The maximum atomic E-state index is 12.0. The Morgan fingerprint density at radius 3 is 2.04 bits per heavy atom. The molecule has 1 aromatic rings. The van der Waals surface area contributed by atoms with Gasteiger partial charge in [-0.25, -0.2) is 9.59 Å². The van der Waals surface area contributed by atoms with Crippen LogP contribution in [0.3, 0.4) is 0 Å². The number of amides is 2. The summed E-state index contributed by atoms with van der Waals surface area (Å²) < 4.78 is 22.7. The Bertz CT molecular complexity index is 656. The van der Waals surface area contributed by atoms with E-state index in [-0.39, 0.29) is 17.6 Å². The van der Waals surface area contributed by atoms with Gasteiger partial charge in [-0.05, 0) is 25.5 Å². The molecular weight excluding hydrogens is 420 g/mol. The number of hydrogen-bond acceptors (Lipinski definition) is 6. The Hall–Kier alpha value is -1.84. The molecule has 0 radical (unpaired) electrons. The molecule has 9 heteroatoms. The molecule has 2 atom stereocenters. The minimum atomic E-state index is -1.07. The number of ether oxygens (including phenoxy) is 4. The maximum Gasteiger partial charge on any atom is 0.414 e. The predicted octanol–water partition coefficient (Wildman–Crippen LogP) is 3.18. The van der Waals surface area contributed by atoms with E-state index in [4.69, 9.17) is 18.9 Å². The first-order valence-corrected chi connectivity index (χ1v) is 9.60. The Labute approximate surface area is 167 Å². The zero-order chi connectivity index (χ0) is 20.2. The highest BCUT2D eigenvalue weighted by atomic mass is 79.9. The lowest BCUT2D eigenvalue weighted by Gasteiger charge is -2.39. The van der Waals surface area contributed by atoms with Crippen molar-refractivity contribution < 1.29 is 28.5 Å². The highest BCUT2D eigenvalue weighted by molar-refractivity contribution is 9.09. The molecule has 0 N–H and O–H groups in total. The molecule has 27 heavy (non-hydrogen) atoms. The van der Waals surface area contributed by atoms with Gasteiger partial charge >= 0.3 is 12.2 Å². The van der Waals surface area contributed by atoms with E-state index in [0.717, 1.165) is 6.42 Å². The average molecular weight is 445 g/mol. The van der Waals surface area contributed by atoms with Crippen molar-refractivity contribution in [3.05, 3.63) is 23.8 Å². The zero-order valence-electron chi connectivity index (χ0n) is 16.2. The molecule has 0 unspecified atom stereocenters. The van der Waals surface area contributed by atoms with Gasteiger partial charge in [-0.3, -0.25) is 0 Å². The van der Waals surface area contributed by atoms with E-state index in [1.165, 1.54) is 15.9 Å². The van der Waals surface area contributed by atoms with Gasteiger partial charge in [0.15, 0.2) is 0 Å². The van der Waals surface area contributed by atoms with Gasteiger partial charge in [0, 0.05) is 39.8 Å². The number of nitrogens with zero attached hydrogens (tertiary/aromatic N) is 2. The number of halogens is 1. The van der Waals surface area contributed by atoms with Gasteiger partial charge in [0.2, 0.25) is 5.79 Å². The minimum Gasteiger partial charge on any atom is -0.410 e. The van der Waals surface area contributed by atoms with E-state index in [1.807, 2.05) is 6.92 Å². The summed E-state index contributed by atoms with van der Waals surface area (Å²) in [4.78, 5) is 26.5. The smallest absolute Gasteiger partial charge is 0.410 e. The molecule has 0 aliphatic carbocycles. The first-order valence-electron chi connectivity index (χ1n) is 8.48. The lowest BCUT2D eigenvalue weighted by molar-refractivity contribution is -0.285. The Morgan fingerprint density at radius 1 is 1.11 bits per heavy atom. The normalized spacial score (nSPS) is 22.1. The van der Waals surface area contributed by atoms with Crippen molar-refractivity contribution >= 4 is 28.1 Å². The largest absolute Gasteiger partial charge is 0.414 e. The molecule has 1 aromatic carbocycles.